The number of rotatable bonds is 6. The molecular formula is C17H28N2O2. The van der Waals surface area contributed by atoms with Gasteiger partial charge >= 0.3 is 0 Å². The smallest absolute Gasteiger partial charge is 0.0994 e. The Hall–Kier alpha value is -0.940. The Balaban J connectivity index is 1.85. The van der Waals surface area contributed by atoms with Crippen LogP contribution in [0.3, 0.4) is 0 Å². The van der Waals surface area contributed by atoms with Crippen molar-refractivity contribution in [1.82, 2.24) is 9.80 Å². The molecule has 0 aromatic heterocycles. The molecule has 0 aliphatic carbocycles. The quantitative estimate of drug-likeness (QED) is 0.861. The summed E-state index contributed by atoms with van der Waals surface area (Å²) in [6.07, 6.45) is 0. The van der Waals surface area contributed by atoms with Gasteiger partial charge in [0.1, 0.15) is 0 Å². The molecule has 1 heterocycles. The van der Waals surface area contributed by atoms with Gasteiger partial charge < -0.3 is 9.84 Å². The summed E-state index contributed by atoms with van der Waals surface area (Å²) in [6.45, 7) is 10.6. The first kappa shape index (κ1) is 16.4. The van der Waals surface area contributed by atoms with E-state index in [2.05, 4.69) is 28.9 Å². The van der Waals surface area contributed by atoms with Gasteiger partial charge in [0.15, 0.2) is 0 Å². The number of benzene rings is 1. The maximum Gasteiger partial charge on any atom is 0.0994 e. The minimum atomic E-state index is -0.789. The third-order valence-corrected chi connectivity index (χ3v) is 4.28. The molecule has 0 radical (unpaired) electrons. The van der Waals surface area contributed by atoms with Crippen LogP contribution in [0.1, 0.15) is 18.1 Å². The van der Waals surface area contributed by atoms with Crippen LogP contribution in [0.15, 0.2) is 24.3 Å². The molecule has 0 amide bonds. The fraction of sp³-hybridized carbons (Fsp3) is 0.647. The topological polar surface area (TPSA) is 35.9 Å². The van der Waals surface area contributed by atoms with Gasteiger partial charge in [-0.2, -0.15) is 0 Å². The molecule has 1 N–H and O–H groups in total. The van der Waals surface area contributed by atoms with E-state index in [-0.39, 0.29) is 0 Å². The fourth-order valence-electron chi connectivity index (χ4n) is 2.83. The van der Waals surface area contributed by atoms with Crippen molar-refractivity contribution in [3.8, 4) is 0 Å². The molecule has 4 heteroatoms. The average molecular weight is 292 g/mol. The summed E-state index contributed by atoms with van der Waals surface area (Å²) in [5.74, 6) is 0. The first-order valence-electron chi connectivity index (χ1n) is 7.74. The van der Waals surface area contributed by atoms with Gasteiger partial charge in [0.25, 0.3) is 0 Å². The van der Waals surface area contributed by atoms with E-state index in [1.165, 1.54) is 5.56 Å². The van der Waals surface area contributed by atoms with Gasteiger partial charge in [-0.3, -0.25) is 9.80 Å². The summed E-state index contributed by atoms with van der Waals surface area (Å²) in [4.78, 5) is 4.77. The van der Waals surface area contributed by atoms with Crippen molar-refractivity contribution >= 4 is 0 Å². The van der Waals surface area contributed by atoms with E-state index in [9.17, 15) is 5.11 Å². The van der Waals surface area contributed by atoms with Gasteiger partial charge in [-0.25, -0.2) is 0 Å². The van der Waals surface area contributed by atoms with Crippen molar-refractivity contribution in [3.63, 3.8) is 0 Å². The second-order valence-corrected chi connectivity index (χ2v) is 6.25. The van der Waals surface area contributed by atoms with Gasteiger partial charge in [-0.1, -0.05) is 29.8 Å². The highest BCUT2D eigenvalue weighted by Gasteiger charge is 2.28. The molecule has 0 bridgehead atoms. The molecule has 1 aliphatic rings. The summed E-state index contributed by atoms with van der Waals surface area (Å²) in [6, 6.07) is 8.19. The van der Waals surface area contributed by atoms with E-state index in [0.717, 1.165) is 44.9 Å². The Morgan fingerprint density at radius 2 is 1.67 bits per heavy atom. The number of nitrogens with zero attached hydrogens (tertiary/aromatic N) is 2. The lowest BCUT2D eigenvalue weighted by Gasteiger charge is -2.38. The SMILES string of the molecule is COCCN1CCN(CC(C)(O)c2ccc(C)cc2)CC1. The van der Waals surface area contributed by atoms with Crippen LogP contribution in [0.4, 0.5) is 0 Å². The maximum absolute atomic E-state index is 10.8. The molecule has 118 valence electrons. The van der Waals surface area contributed by atoms with Crippen molar-refractivity contribution < 1.29 is 9.84 Å². The zero-order chi connectivity index (χ0) is 15.3. The number of piperazine rings is 1. The van der Waals surface area contributed by atoms with Gasteiger partial charge in [0.2, 0.25) is 0 Å². The highest BCUT2D eigenvalue weighted by atomic mass is 16.5. The summed E-state index contributed by atoms with van der Waals surface area (Å²) in [5, 5.41) is 10.8. The van der Waals surface area contributed by atoms with Crippen LogP contribution in [-0.4, -0.2) is 67.9 Å². The molecule has 1 saturated heterocycles. The number of ether oxygens (including phenoxy) is 1. The third kappa shape index (κ3) is 4.78. The maximum atomic E-state index is 10.8. The monoisotopic (exact) mass is 292 g/mol. The predicted octanol–water partition coefficient (Wildman–Crippen LogP) is 1.47. The normalized spacial score (nSPS) is 20.4. The van der Waals surface area contributed by atoms with Crippen LogP contribution < -0.4 is 0 Å². The molecule has 0 saturated carbocycles. The van der Waals surface area contributed by atoms with Crippen LogP contribution >= 0.6 is 0 Å². The Bertz CT molecular complexity index is 423. The lowest BCUT2D eigenvalue weighted by Crippen LogP contribution is -2.50. The molecule has 1 atom stereocenters. The highest BCUT2D eigenvalue weighted by molar-refractivity contribution is 5.26. The minimum Gasteiger partial charge on any atom is -0.384 e. The van der Waals surface area contributed by atoms with Crippen LogP contribution in [0, 0.1) is 6.92 Å². The number of β-amino-alcohol motifs (C(OH)–C–C–N with tert-alkyl or cyclic N) is 1. The number of aliphatic hydroxyl groups is 1. The summed E-state index contributed by atoms with van der Waals surface area (Å²) in [7, 11) is 1.75. The average Bonchev–Trinajstić information content (AvgIpc) is 2.47. The molecule has 1 aliphatic heterocycles. The van der Waals surface area contributed by atoms with Gasteiger partial charge in [-0.15, -0.1) is 0 Å². The molecule has 1 fully saturated rings. The molecule has 0 spiro atoms. The second-order valence-electron chi connectivity index (χ2n) is 6.25. The Morgan fingerprint density at radius 3 is 2.24 bits per heavy atom. The van der Waals surface area contributed by atoms with Crippen molar-refractivity contribution in [2.24, 2.45) is 0 Å². The fourth-order valence-corrected chi connectivity index (χ4v) is 2.83. The number of methoxy groups -OCH3 is 1. The van der Waals surface area contributed by atoms with Crippen LogP contribution in [-0.2, 0) is 10.3 Å². The summed E-state index contributed by atoms with van der Waals surface area (Å²) >= 11 is 0. The molecule has 4 nitrogen and oxygen atoms in total. The van der Waals surface area contributed by atoms with E-state index in [1.54, 1.807) is 7.11 Å². The van der Waals surface area contributed by atoms with E-state index in [4.69, 9.17) is 4.74 Å². The van der Waals surface area contributed by atoms with Gasteiger partial charge in [0, 0.05) is 46.4 Å². The number of aryl methyl sites for hydroxylation is 1. The van der Waals surface area contributed by atoms with Gasteiger partial charge in [-0.05, 0) is 19.4 Å². The summed E-state index contributed by atoms with van der Waals surface area (Å²) < 4.78 is 5.12. The van der Waals surface area contributed by atoms with Crippen LogP contribution in [0.25, 0.3) is 0 Å². The zero-order valence-electron chi connectivity index (χ0n) is 13.5. The molecule has 1 unspecified atom stereocenters. The standard InChI is InChI=1S/C17H28N2O2/c1-15-4-6-16(7-5-15)17(2,20)14-19-10-8-18(9-11-19)12-13-21-3/h4-7,20H,8-14H2,1-3H3. The first-order chi connectivity index (χ1) is 10.0. The number of hydrogen-bond donors (Lipinski definition) is 1. The zero-order valence-corrected chi connectivity index (χ0v) is 13.5. The van der Waals surface area contributed by atoms with Crippen LogP contribution in [0.5, 0.6) is 0 Å². The molecule has 2 rings (SSSR count). The Kier molecular flexibility index (Phi) is 5.76. The summed E-state index contributed by atoms with van der Waals surface area (Å²) in [5.41, 5.74) is 1.43. The lowest BCUT2D eigenvalue weighted by molar-refractivity contribution is -0.00180. The third-order valence-electron chi connectivity index (χ3n) is 4.28. The van der Waals surface area contributed by atoms with Crippen molar-refractivity contribution in [1.29, 1.82) is 0 Å². The van der Waals surface area contributed by atoms with Crippen molar-refractivity contribution in [3.05, 3.63) is 35.4 Å². The molecule has 1 aromatic carbocycles. The van der Waals surface area contributed by atoms with E-state index in [1.807, 2.05) is 19.1 Å². The van der Waals surface area contributed by atoms with E-state index in [0.29, 0.717) is 6.54 Å². The first-order valence-corrected chi connectivity index (χ1v) is 7.74. The van der Waals surface area contributed by atoms with Gasteiger partial charge in [0.05, 0.1) is 12.2 Å². The lowest BCUT2D eigenvalue weighted by atomic mass is 9.94. The molecule has 21 heavy (non-hydrogen) atoms. The minimum absolute atomic E-state index is 0.689. The van der Waals surface area contributed by atoms with E-state index < -0.39 is 5.60 Å². The van der Waals surface area contributed by atoms with E-state index >= 15 is 0 Å². The molecular weight excluding hydrogens is 264 g/mol. The number of hydrogen-bond acceptors (Lipinski definition) is 4. The molecule has 1 aromatic rings. The van der Waals surface area contributed by atoms with Crippen molar-refractivity contribution in [2.45, 2.75) is 19.4 Å². The largest absolute Gasteiger partial charge is 0.384 e. The highest BCUT2D eigenvalue weighted by Crippen LogP contribution is 2.22. The van der Waals surface area contributed by atoms with Crippen LogP contribution in [0.2, 0.25) is 0 Å². The predicted molar refractivity (Wildman–Crippen MR) is 85.5 cm³/mol. The van der Waals surface area contributed by atoms with Crippen molar-refractivity contribution in [2.75, 3.05) is 53.0 Å². The Labute approximate surface area is 128 Å². The second kappa shape index (κ2) is 7.36. The Morgan fingerprint density at radius 1 is 1.10 bits per heavy atom.